The Kier molecular flexibility index (Phi) is 2.56. The van der Waals surface area contributed by atoms with Gasteiger partial charge in [0, 0.05) is 6.20 Å². The number of aldehydes is 1. The molecular weight excluding hydrogens is 210 g/mol. The topological polar surface area (TPSA) is 22.0 Å². The normalized spacial score (nSPS) is 18.7. The summed E-state index contributed by atoms with van der Waals surface area (Å²) in [6.07, 6.45) is 6.42. The van der Waals surface area contributed by atoms with Crippen molar-refractivity contribution in [1.29, 1.82) is 0 Å². The highest BCUT2D eigenvalue weighted by atomic mass is 16.1. The molecule has 0 spiro atoms. The molecule has 0 saturated heterocycles. The van der Waals surface area contributed by atoms with Gasteiger partial charge in [-0.3, -0.25) is 4.79 Å². The lowest BCUT2D eigenvalue weighted by Gasteiger charge is -2.27. The van der Waals surface area contributed by atoms with Gasteiger partial charge in [-0.1, -0.05) is 24.3 Å². The van der Waals surface area contributed by atoms with Crippen LogP contribution in [0.3, 0.4) is 0 Å². The fourth-order valence-electron chi connectivity index (χ4n) is 2.81. The molecule has 2 aromatic rings. The van der Waals surface area contributed by atoms with Gasteiger partial charge in [-0.2, -0.15) is 0 Å². The second kappa shape index (κ2) is 4.21. The summed E-state index contributed by atoms with van der Waals surface area (Å²) < 4.78 is 2.10. The van der Waals surface area contributed by atoms with Crippen LogP contribution < -0.4 is 0 Å². The van der Waals surface area contributed by atoms with Gasteiger partial charge in [0.05, 0.1) is 11.7 Å². The predicted molar refractivity (Wildman–Crippen MR) is 67.3 cm³/mol. The van der Waals surface area contributed by atoms with Gasteiger partial charge in [-0.15, -0.1) is 0 Å². The van der Waals surface area contributed by atoms with E-state index in [4.69, 9.17) is 0 Å². The van der Waals surface area contributed by atoms with Crippen LogP contribution >= 0.6 is 0 Å². The Hall–Kier alpha value is -1.83. The van der Waals surface area contributed by atoms with Crippen LogP contribution in [0.5, 0.6) is 0 Å². The molecule has 0 radical (unpaired) electrons. The Morgan fingerprint density at radius 2 is 2.06 bits per heavy atom. The minimum absolute atomic E-state index is 0.329. The number of benzene rings is 1. The summed E-state index contributed by atoms with van der Waals surface area (Å²) >= 11 is 0. The van der Waals surface area contributed by atoms with Crippen LogP contribution in [-0.4, -0.2) is 10.9 Å². The quantitative estimate of drug-likeness (QED) is 0.719. The van der Waals surface area contributed by atoms with E-state index < -0.39 is 0 Å². The summed E-state index contributed by atoms with van der Waals surface area (Å²) in [7, 11) is 0. The average molecular weight is 225 g/mol. The van der Waals surface area contributed by atoms with Gasteiger partial charge >= 0.3 is 0 Å². The zero-order valence-corrected chi connectivity index (χ0v) is 9.67. The first-order chi connectivity index (χ1) is 8.40. The molecule has 1 aliphatic rings. The maximum atomic E-state index is 11.0. The molecule has 0 aliphatic heterocycles. The van der Waals surface area contributed by atoms with Crippen LogP contribution in [0.1, 0.15) is 40.5 Å². The Balaban J connectivity index is 2.09. The fourth-order valence-corrected chi connectivity index (χ4v) is 2.81. The van der Waals surface area contributed by atoms with Crippen molar-refractivity contribution >= 4 is 6.29 Å². The number of fused-ring (bicyclic) bond motifs is 1. The second-order valence-corrected chi connectivity index (χ2v) is 4.57. The van der Waals surface area contributed by atoms with Crippen molar-refractivity contribution in [3.8, 4) is 0 Å². The highest BCUT2D eigenvalue weighted by Crippen LogP contribution is 2.33. The van der Waals surface area contributed by atoms with Crippen molar-refractivity contribution in [3.05, 3.63) is 59.4 Å². The van der Waals surface area contributed by atoms with E-state index in [1.807, 2.05) is 18.3 Å². The molecule has 2 heteroatoms. The van der Waals surface area contributed by atoms with Crippen LogP contribution in [0.2, 0.25) is 0 Å². The van der Waals surface area contributed by atoms with E-state index in [1.165, 1.54) is 17.5 Å². The molecule has 86 valence electrons. The van der Waals surface area contributed by atoms with Crippen LogP contribution in [0.25, 0.3) is 0 Å². The van der Waals surface area contributed by atoms with E-state index in [2.05, 4.69) is 28.8 Å². The standard InChI is InChI=1S/C15H15NO/c17-11-13-7-4-10-16(13)15-9-3-6-12-5-1-2-8-14(12)15/h1-2,4-5,7-8,10-11,15H,3,6,9H2. The Bertz CT molecular complexity index is 541. The number of aryl methyl sites for hydroxylation is 1. The first kappa shape index (κ1) is 10.3. The summed E-state index contributed by atoms with van der Waals surface area (Å²) in [5.41, 5.74) is 3.57. The largest absolute Gasteiger partial charge is 0.338 e. The molecule has 1 aliphatic carbocycles. The van der Waals surface area contributed by atoms with E-state index in [0.717, 1.165) is 24.8 Å². The van der Waals surface area contributed by atoms with Gasteiger partial charge < -0.3 is 4.57 Å². The van der Waals surface area contributed by atoms with Crippen molar-refractivity contribution in [2.45, 2.75) is 25.3 Å². The Morgan fingerprint density at radius 3 is 2.94 bits per heavy atom. The minimum Gasteiger partial charge on any atom is -0.338 e. The van der Waals surface area contributed by atoms with Gasteiger partial charge in [-0.05, 0) is 42.5 Å². The van der Waals surface area contributed by atoms with Crippen molar-refractivity contribution in [1.82, 2.24) is 4.57 Å². The van der Waals surface area contributed by atoms with Crippen LogP contribution in [0.4, 0.5) is 0 Å². The number of nitrogens with zero attached hydrogens (tertiary/aromatic N) is 1. The molecule has 3 rings (SSSR count). The van der Waals surface area contributed by atoms with E-state index in [1.54, 1.807) is 0 Å². The first-order valence-corrected chi connectivity index (χ1v) is 6.10. The molecule has 0 saturated carbocycles. The van der Waals surface area contributed by atoms with Gasteiger partial charge in [0.1, 0.15) is 0 Å². The maximum absolute atomic E-state index is 11.0. The minimum atomic E-state index is 0.329. The van der Waals surface area contributed by atoms with Crippen molar-refractivity contribution in [2.24, 2.45) is 0 Å². The van der Waals surface area contributed by atoms with Gasteiger partial charge in [0.25, 0.3) is 0 Å². The number of carbonyl (C=O) groups excluding carboxylic acids is 1. The molecule has 0 N–H and O–H groups in total. The SMILES string of the molecule is O=Cc1cccn1C1CCCc2ccccc21. The van der Waals surface area contributed by atoms with Gasteiger partial charge in [-0.25, -0.2) is 0 Å². The first-order valence-electron chi connectivity index (χ1n) is 6.10. The van der Waals surface area contributed by atoms with Gasteiger partial charge in [0.2, 0.25) is 0 Å². The van der Waals surface area contributed by atoms with Crippen molar-refractivity contribution in [2.75, 3.05) is 0 Å². The maximum Gasteiger partial charge on any atom is 0.166 e. The second-order valence-electron chi connectivity index (χ2n) is 4.57. The van der Waals surface area contributed by atoms with E-state index in [9.17, 15) is 4.79 Å². The highest BCUT2D eigenvalue weighted by Gasteiger charge is 2.21. The van der Waals surface area contributed by atoms with Gasteiger partial charge in [0.15, 0.2) is 6.29 Å². The molecule has 1 heterocycles. The van der Waals surface area contributed by atoms with E-state index in [0.29, 0.717) is 6.04 Å². The lowest BCUT2D eigenvalue weighted by atomic mass is 9.87. The predicted octanol–water partition coefficient (Wildman–Crippen LogP) is 3.23. The molecule has 0 amide bonds. The lowest BCUT2D eigenvalue weighted by Crippen LogP contribution is -2.18. The zero-order chi connectivity index (χ0) is 11.7. The Labute approximate surface area is 101 Å². The highest BCUT2D eigenvalue weighted by molar-refractivity contribution is 5.72. The molecule has 2 nitrogen and oxygen atoms in total. The van der Waals surface area contributed by atoms with Crippen molar-refractivity contribution < 1.29 is 4.79 Å². The van der Waals surface area contributed by atoms with Crippen LogP contribution in [-0.2, 0) is 6.42 Å². The van der Waals surface area contributed by atoms with E-state index >= 15 is 0 Å². The number of carbonyl (C=O) groups is 1. The summed E-state index contributed by atoms with van der Waals surface area (Å²) in [5.74, 6) is 0. The summed E-state index contributed by atoms with van der Waals surface area (Å²) in [6.45, 7) is 0. The average Bonchev–Trinajstić information content (AvgIpc) is 2.86. The fraction of sp³-hybridized carbons (Fsp3) is 0.267. The Morgan fingerprint density at radius 1 is 1.18 bits per heavy atom. The smallest absolute Gasteiger partial charge is 0.166 e. The molecule has 0 bridgehead atoms. The molecule has 1 aromatic carbocycles. The third-order valence-corrected chi connectivity index (χ3v) is 3.61. The van der Waals surface area contributed by atoms with Crippen molar-refractivity contribution in [3.63, 3.8) is 0 Å². The number of rotatable bonds is 2. The summed E-state index contributed by atoms with van der Waals surface area (Å²) in [6, 6.07) is 12.7. The zero-order valence-electron chi connectivity index (χ0n) is 9.67. The molecule has 1 unspecified atom stereocenters. The van der Waals surface area contributed by atoms with Crippen LogP contribution in [0, 0.1) is 0 Å². The summed E-state index contributed by atoms with van der Waals surface area (Å²) in [5, 5.41) is 0. The summed E-state index contributed by atoms with van der Waals surface area (Å²) in [4.78, 5) is 11.0. The van der Waals surface area contributed by atoms with E-state index in [-0.39, 0.29) is 0 Å². The number of hydrogen-bond acceptors (Lipinski definition) is 1. The monoisotopic (exact) mass is 225 g/mol. The number of hydrogen-bond donors (Lipinski definition) is 0. The lowest BCUT2D eigenvalue weighted by molar-refractivity contribution is 0.111. The van der Waals surface area contributed by atoms with Crippen LogP contribution in [0.15, 0.2) is 42.6 Å². The molecule has 1 aromatic heterocycles. The molecule has 0 fully saturated rings. The third kappa shape index (κ3) is 1.70. The molecular formula is C15H15NO. The molecule has 1 atom stereocenters. The molecule has 17 heavy (non-hydrogen) atoms. The third-order valence-electron chi connectivity index (χ3n) is 3.61. The number of aromatic nitrogens is 1.